The molecule has 1 saturated heterocycles. The van der Waals surface area contributed by atoms with Gasteiger partial charge in [-0.05, 0) is 12.1 Å². The van der Waals surface area contributed by atoms with Gasteiger partial charge in [0.15, 0.2) is 0 Å². The third-order valence-corrected chi connectivity index (χ3v) is 4.32. The van der Waals surface area contributed by atoms with Gasteiger partial charge in [-0.15, -0.1) is 0 Å². The van der Waals surface area contributed by atoms with Gasteiger partial charge in [-0.3, -0.25) is 4.79 Å². The van der Waals surface area contributed by atoms with Gasteiger partial charge < -0.3 is 10.0 Å². The lowest BCUT2D eigenvalue weighted by atomic mass is 10.1. The van der Waals surface area contributed by atoms with Crippen molar-refractivity contribution in [2.75, 3.05) is 13.1 Å². The molecular weight excluding hydrogens is 262 g/mol. The summed E-state index contributed by atoms with van der Waals surface area (Å²) in [5.41, 5.74) is 0.354. The van der Waals surface area contributed by atoms with Crippen molar-refractivity contribution in [3.8, 4) is 0 Å². The summed E-state index contributed by atoms with van der Waals surface area (Å²) in [4.78, 5) is 25.4. The highest BCUT2D eigenvalue weighted by Crippen LogP contribution is 2.26. The highest BCUT2D eigenvalue weighted by molar-refractivity contribution is 8.00. The maximum absolute atomic E-state index is 12.5. The number of hydrogen-bond donors (Lipinski definition) is 1. The van der Waals surface area contributed by atoms with Crippen LogP contribution in [0.25, 0.3) is 0 Å². The SMILES string of the molecule is CC1CN(C(=O)c2ccccc2C(=O)O)CC(C)S1. The van der Waals surface area contributed by atoms with E-state index >= 15 is 0 Å². The normalized spacial score (nSPS) is 23.2. The number of rotatable bonds is 2. The van der Waals surface area contributed by atoms with Gasteiger partial charge in [0, 0.05) is 23.6 Å². The molecule has 1 aromatic rings. The van der Waals surface area contributed by atoms with Gasteiger partial charge in [-0.25, -0.2) is 4.79 Å². The molecule has 1 N–H and O–H groups in total. The maximum atomic E-state index is 12.5. The molecule has 1 aliphatic rings. The van der Waals surface area contributed by atoms with Crippen molar-refractivity contribution in [3.63, 3.8) is 0 Å². The lowest BCUT2D eigenvalue weighted by Gasteiger charge is -2.34. The van der Waals surface area contributed by atoms with Crippen LogP contribution in [0.15, 0.2) is 24.3 Å². The number of carbonyl (C=O) groups excluding carboxylic acids is 1. The fraction of sp³-hybridized carbons (Fsp3) is 0.429. The zero-order chi connectivity index (χ0) is 14.0. The average Bonchev–Trinajstić information content (AvgIpc) is 2.36. The Morgan fingerprint density at radius 1 is 1.16 bits per heavy atom. The van der Waals surface area contributed by atoms with Crippen LogP contribution >= 0.6 is 11.8 Å². The van der Waals surface area contributed by atoms with E-state index in [2.05, 4.69) is 13.8 Å². The largest absolute Gasteiger partial charge is 0.478 e. The lowest BCUT2D eigenvalue weighted by Crippen LogP contribution is -2.44. The lowest BCUT2D eigenvalue weighted by molar-refractivity contribution is 0.0674. The molecule has 102 valence electrons. The van der Waals surface area contributed by atoms with Crippen molar-refractivity contribution >= 4 is 23.6 Å². The Morgan fingerprint density at radius 3 is 2.21 bits per heavy atom. The summed E-state index contributed by atoms with van der Waals surface area (Å²) in [5, 5.41) is 9.90. The molecule has 0 bridgehead atoms. The quantitative estimate of drug-likeness (QED) is 0.903. The molecule has 1 heterocycles. The van der Waals surface area contributed by atoms with E-state index in [1.807, 2.05) is 11.8 Å². The third kappa shape index (κ3) is 3.10. The van der Waals surface area contributed by atoms with Crippen molar-refractivity contribution in [2.24, 2.45) is 0 Å². The second-order valence-corrected chi connectivity index (χ2v) is 6.70. The van der Waals surface area contributed by atoms with Crippen LogP contribution in [-0.2, 0) is 0 Å². The van der Waals surface area contributed by atoms with Gasteiger partial charge in [-0.1, -0.05) is 26.0 Å². The summed E-state index contributed by atoms with van der Waals surface area (Å²) in [5.74, 6) is -1.24. The van der Waals surface area contributed by atoms with E-state index in [4.69, 9.17) is 5.11 Å². The first-order valence-electron chi connectivity index (χ1n) is 6.26. The first-order chi connectivity index (χ1) is 8.99. The number of carboxylic acids is 1. The van der Waals surface area contributed by atoms with E-state index in [1.54, 1.807) is 23.1 Å². The minimum atomic E-state index is -1.06. The van der Waals surface area contributed by atoms with Crippen LogP contribution in [0.1, 0.15) is 34.6 Å². The Kier molecular flexibility index (Phi) is 4.14. The highest BCUT2D eigenvalue weighted by Gasteiger charge is 2.28. The van der Waals surface area contributed by atoms with E-state index in [1.165, 1.54) is 6.07 Å². The molecule has 0 aromatic heterocycles. The summed E-state index contributed by atoms with van der Waals surface area (Å²) in [7, 11) is 0. The molecule has 0 spiro atoms. The Morgan fingerprint density at radius 2 is 1.68 bits per heavy atom. The van der Waals surface area contributed by atoms with Gasteiger partial charge in [-0.2, -0.15) is 11.8 Å². The van der Waals surface area contributed by atoms with Crippen LogP contribution in [0.5, 0.6) is 0 Å². The molecule has 4 nitrogen and oxygen atoms in total. The van der Waals surface area contributed by atoms with Crippen molar-refractivity contribution in [1.29, 1.82) is 0 Å². The van der Waals surface area contributed by atoms with Crippen LogP contribution in [0.4, 0.5) is 0 Å². The third-order valence-electron chi connectivity index (χ3n) is 3.09. The van der Waals surface area contributed by atoms with Crippen molar-refractivity contribution < 1.29 is 14.7 Å². The molecule has 0 aliphatic carbocycles. The fourth-order valence-electron chi connectivity index (χ4n) is 2.37. The number of hydrogen-bond acceptors (Lipinski definition) is 3. The number of aromatic carboxylic acids is 1. The van der Waals surface area contributed by atoms with Gasteiger partial charge in [0.05, 0.1) is 11.1 Å². The summed E-state index contributed by atoms with van der Waals surface area (Å²) < 4.78 is 0. The fourth-order valence-corrected chi connectivity index (χ4v) is 3.70. The minimum absolute atomic E-state index is 0.0750. The van der Waals surface area contributed by atoms with E-state index in [-0.39, 0.29) is 17.0 Å². The summed E-state index contributed by atoms with van der Waals surface area (Å²) in [6, 6.07) is 6.40. The number of nitrogens with zero attached hydrogens (tertiary/aromatic N) is 1. The van der Waals surface area contributed by atoms with Gasteiger partial charge in [0.2, 0.25) is 0 Å². The summed E-state index contributed by atoms with van der Waals surface area (Å²) in [6.07, 6.45) is 0. The Bertz CT molecular complexity index is 493. The zero-order valence-corrected chi connectivity index (χ0v) is 11.8. The Balaban J connectivity index is 2.27. The Labute approximate surface area is 116 Å². The van der Waals surface area contributed by atoms with E-state index in [0.29, 0.717) is 23.6 Å². The summed E-state index contributed by atoms with van der Waals surface area (Å²) in [6.45, 7) is 5.51. The monoisotopic (exact) mass is 279 g/mol. The molecule has 2 rings (SSSR count). The number of amides is 1. The van der Waals surface area contributed by atoms with Crippen molar-refractivity contribution in [2.45, 2.75) is 24.3 Å². The topological polar surface area (TPSA) is 57.6 Å². The predicted octanol–water partition coefficient (Wildman–Crippen LogP) is 2.35. The van der Waals surface area contributed by atoms with Crippen LogP contribution in [0.2, 0.25) is 0 Å². The van der Waals surface area contributed by atoms with Gasteiger partial charge in [0.25, 0.3) is 5.91 Å². The standard InChI is InChI=1S/C14H17NO3S/c1-9-7-15(8-10(2)19-9)13(16)11-5-3-4-6-12(11)14(17)18/h3-6,9-10H,7-8H2,1-2H3,(H,17,18). The zero-order valence-electron chi connectivity index (χ0n) is 11.0. The first kappa shape index (κ1) is 13.9. The molecule has 0 radical (unpaired) electrons. The molecule has 2 unspecified atom stereocenters. The molecular formula is C14H17NO3S. The van der Waals surface area contributed by atoms with Gasteiger partial charge >= 0.3 is 5.97 Å². The number of thioether (sulfide) groups is 1. The summed E-state index contributed by atoms with van der Waals surface area (Å²) >= 11 is 1.86. The van der Waals surface area contributed by atoms with E-state index in [0.717, 1.165) is 0 Å². The first-order valence-corrected chi connectivity index (χ1v) is 7.20. The van der Waals surface area contributed by atoms with E-state index < -0.39 is 5.97 Å². The Hall–Kier alpha value is -1.49. The maximum Gasteiger partial charge on any atom is 0.336 e. The molecule has 1 amide bonds. The molecule has 5 heteroatoms. The molecule has 1 aromatic carbocycles. The smallest absolute Gasteiger partial charge is 0.336 e. The van der Waals surface area contributed by atoms with Crippen LogP contribution in [0, 0.1) is 0 Å². The number of carbonyl (C=O) groups is 2. The van der Waals surface area contributed by atoms with Crippen LogP contribution in [-0.4, -0.2) is 45.5 Å². The highest BCUT2D eigenvalue weighted by atomic mass is 32.2. The second-order valence-electron chi connectivity index (χ2n) is 4.82. The predicted molar refractivity (Wildman–Crippen MR) is 75.8 cm³/mol. The number of carboxylic acid groups (broad SMARTS) is 1. The molecule has 19 heavy (non-hydrogen) atoms. The van der Waals surface area contributed by atoms with E-state index in [9.17, 15) is 9.59 Å². The molecule has 0 saturated carbocycles. The number of benzene rings is 1. The average molecular weight is 279 g/mol. The molecule has 1 fully saturated rings. The van der Waals surface area contributed by atoms with Crippen LogP contribution in [0.3, 0.4) is 0 Å². The second kappa shape index (κ2) is 5.65. The van der Waals surface area contributed by atoms with Crippen molar-refractivity contribution in [3.05, 3.63) is 35.4 Å². The van der Waals surface area contributed by atoms with Crippen molar-refractivity contribution in [1.82, 2.24) is 4.90 Å². The minimum Gasteiger partial charge on any atom is -0.478 e. The molecule has 1 aliphatic heterocycles. The van der Waals surface area contributed by atoms with Gasteiger partial charge in [0.1, 0.15) is 0 Å². The van der Waals surface area contributed by atoms with Crippen LogP contribution < -0.4 is 0 Å². The molecule has 2 atom stereocenters.